The second-order valence-electron chi connectivity index (χ2n) is 1.05. The summed E-state index contributed by atoms with van der Waals surface area (Å²) in [6.45, 7) is 0.304. The van der Waals surface area contributed by atoms with Gasteiger partial charge in [0.2, 0.25) is 0 Å². The molecule has 0 aliphatic rings. The van der Waals surface area contributed by atoms with Crippen LogP contribution in [0.2, 0.25) is 0 Å². The Labute approximate surface area is 47.6 Å². The highest BCUT2D eigenvalue weighted by molar-refractivity contribution is 6.22. The number of ether oxygens (including phenoxy) is 1. The Bertz CT molecular complexity index is 78.2. The predicted octanol–water partition coefficient (Wildman–Crippen LogP) is 0.764. The molecule has 0 fully saturated rings. The van der Waals surface area contributed by atoms with Crippen LogP contribution in [-0.4, -0.2) is 19.1 Å². The van der Waals surface area contributed by atoms with Crippen molar-refractivity contribution in [2.45, 2.75) is 5.38 Å². The lowest BCUT2D eigenvalue weighted by atomic mass is 10.5. The van der Waals surface area contributed by atoms with E-state index in [1.54, 1.807) is 6.07 Å². The van der Waals surface area contributed by atoms with Gasteiger partial charge in [-0.2, -0.15) is 5.26 Å². The highest BCUT2D eigenvalue weighted by Gasteiger charge is 1.96. The molecule has 0 aliphatic carbocycles. The molecule has 0 spiro atoms. The molecule has 0 saturated carbocycles. The molecule has 40 valence electrons. The van der Waals surface area contributed by atoms with Gasteiger partial charge >= 0.3 is 0 Å². The molecule has 2 nitrogen and oxygen atoms in total. The van der Waals surface area contributed by atoms with Crippen molar-refractivity contribution in [3.63, 3.8) is 0 Å². The highest BCUT2D eigenvalue weighted by Crippen LogP contribution is 1.90. The molecule has 0 heterocycles. The van der Waals surface area contributed by atoms with E-state index in [4.69, 9.17) is 16.9 Å². The van der Waals surface area contributed by atoms with Crippen LogP contribution in [-0.2, 0) is 4.74 Å². The summed E-state index contributed by atoms with van der Waals surface area (Å²) in [5, 5.41) is 7.51. The average Bonchev–Trinajstić information content (AvgIpc) is 1.68. The zero-order valence-corrected chi connectivity index (χ0v) is 4.77. The molecule has 0 N–H and O–H groups in total. The predicted molar refractivity (Wildman–Crippen MR) is 27.1 cm³/mol. The van der Waals surface area contributed by atoms with Crippen LogP contribution in [0.1, 0.15) is 0 Å². The summed E-state index contributed by atoms with van der Waals surface area (Å²) in [5.41, 5.74) is 0. The van der Waals surface area contributed by atoms with Gasteiger partial charge in [0.25, 0.3) is 0 Å². The summed E-state index contributed by atoms with van der Waals surface area (Å²) in [5.74, 6) is 0. The number of nitrogens with zero attached hydrogens (tertiary/aromatic N) is 1. The van der Waals surface area contributed by atoms with Crippen LogP contribution in [0.15, 0.2) is 0 Å². The van der Waals surface area contributed by atoms with E-state index in [2.05, 4.69) is 4.74 Å². The molecule has 0 aromatic carbocycles. The van der Waals surface area contributed by atoms with Crippen molar-refractivity contribution in [3.05, 3.63) is 0 Å². The average molecular weight is 120 g/mol. The fourth-order valence-corrected chi connectivity index (χ4v) is 0.310. The summed E-state index contributed by atoms with van der Waals surface area (Å²) >= 11 is 5.28. The van der Waals surface area contributed by atoms with E-state index < -0.39 is 5.38 Å². The maximum atomic E-state index is 8.00. The molecule has 0 rings (SSSR count). The topological polar surface area (TPSA) is 33.0 Å². The molecule has 0 bridgehead atoms. The molecule has 0 amide bonds. The normalized spacial score (nSPS) is 12.7. The standard InChI is InChI=1S/C4H6ClNO/c1-7-3-4(5)2-6/h4H,3H2,1H3/t4-/m0/s1. The molecule has 0 saturated heterocycles. The summed E-state index contributed by atoms with van der Waals surface area (Å²) < 4.78 is 4.54. The molecule has 0 unspecified atom stereocenters. The van der Waals surface area contributed by atoms with Gasteiger partial charge in [0, 0.05) is 7.11 Å². The number of rotatable bonds is 2. The monoisotopic (exact) mass is 119 g/mol. The van der Waals surface area contributed by atoms with E-state index in [1.165, 1.54) is 7.11 Å². The van der Waals surface area contributed by atoms with E-state index in [-0.39, 0.29) is 0 Å². The molecular formula is C4H6ClNO. The molecule has 0 aromatic rings. The lowest BCUT2D eigenvalue weighted by Gasteiger charge is -1.92. The number of hydrogen-bond donors (Lipinski definition) is 0. The Morgan fingerprint density at radius 1 is 2.00 bits per heavy atom. The first-order valence-corrected chi connectivity index (χ1v) is 2.27. The minimum absolute atomic E-state index is 0.304. The summed E-state index contributed by atoms with van der Waals surface area (Å²) in [4.78, 5) is 0. The fourth-order valence-electron chi connectivity index (χ4n) is 0.184. The summed E-state index contributed by atoms with van der Waals surface area (Å²) in [6.07, 6.45) is 0. The molecule has 0 radical (unpaired) electrons. The van der Waals surface area contributed by atoms with Gasteiger partial charge in [-0.15, -0.1) is 11.6 Å². The van der Waals surface area contributed by atoms with E-state index in [1.807, 2.05) is 0 Å². The van der Waals surface area contributed by atoms with Gasteiger partial charge in [-0.3, -0.25) is 0 Å². The van der Waals surface area contributed by atoms with Crippen molar-refractivity contribution in [1.29, 1.82) is 5.26 Å². The summed E-state index contributed by atoms with van der Waals surface area (Å²) in [7, 11) is 1.51. The van der Waals surface area contributed by atoms with Crippen molar-refractivity contribution >= 4 is 11.6 Å². The third kappa shape index (κ3) is 3.57. The first-order valence-electron chi connectivity index (χ1n) is 1.84. The molecule has 7 heavy (non-hydrogen) atoms. The lowest BCUT2D eigenvalue weighted by Crippen LogP contribution is -2.02. The number of alkyl halides is 1. The van der Waals surface area contributed by atoms with Gasteiger partial charge in [-0.05, 0) is 0 Å². The van der Waals surface area contributed by atoms with Crippen LogP contribution in [0, 0.1) is 11.3 Å². The Balaban J connectivity index is 3.04. The van der Waals surface area contributed by atoms with E-state index in [0.29, 0.717) is 6.61 Å². The first kappa shape index (κ1) is 6.74. The maximum Gasteiger partial charge on any atom is 0.143 e. The Kier molecular flexibility index (Phi) is 3.77. The number of halogens is 1. The molecular weight excluding hydrogens is 114 g/mol. The van der Waals surface area contributed by atoms with Gasteiger partial charge < -0.3 is 4.74 Å². The van der Waals surface area contributed by atoms with Crippen molar-refractivity contribution < 1.29 is 4.74 Å². The van der Waals surface area contributed by atoms with Crippen LogP contribution >= 0.6 is 11.6 Å². The molecule has 3 heteroatoms. The van der Waals surface area contributed by atoms with Gasteiger partial charge in [0.05, 0.1) is 12.7 Å². The maximum absolute atomic E-state index is 8.00. The number of hydrogen-bond acceptors (Lipinski definition) is 2. The third-order valence-corrected chi connectivity index (χ3v) is 0.677. The summed E-state index contributed by atoms with van der Waals surface area (Å²) in [6, 6.07) is 1.81. The van der Waals surface area contributed by atoms with Crippen molar-refractivity contribution in [3.8, 4) is 6.07 Å². The van der Waals surface area contributed by atoms with Crippen LogP contribution in [0.25, 0.3) is 0 Å². The van der Waals surface area contributed by atoms with Crippen LogP contribution in [0.5, 0.6) is 0 Å². The second-order valence-corrected chi connectivity index (χ2v) is 1.58. The smallest absolute Gasteiger partial charge is 0.143 e. The number of methoxy groups -OCH3 is 1. The Morgan fingerprint density at radius 3 is 2.71 bits per heavy atom. The second kappa shape index (κ2) is 3.91. The van der Waals surface area contributed by atoms with Gasteiger partial charge in [-0.1, -0.05) is 0 Å². The third-order valence-electron chi connectivity index (χ3n) is 0.453. The highest BCUT2D eigenvalue weighted by atomic mass is 35.5. The number of nitriles is 1. The zero-order valence-electron chi connectivity index (χ0n) is 4.02. The van der Waals surface area contributed by atoms with Gasteiger partial charge in [-0.25, -0.2) is 0 Å². The van der Waals surface area contributed by atoms with Gasteiger partial charge in [0.1, 0.15) is 5.38 Å². The van der Waals surface area contributed by atoms with E-state index in [0.717, 1.165) is 0 Å². The first-order chi connectivity index (χ1) is 3.31. The van der Waals surface area contributed by atoms with Crippen LogP contribution < -0.4 is 0 Å². The molecule has 1 atom stereocenters. The zero-order chi connectivity index (χ0) is 5.70. The van der Waals surface area contributed by atoms with Crippen LogP contribution in [0.3, 0.4) is 0 Å². The van der Waals surface area contributed by atoms with Gasteiger partial charge in [0.15, 0.2) is 0 Å². The minimum atomic E-state index is -0.495. The lowest BCUT2D eigenvalue weighted by molar-refractivity contribution is 0.207. The van der Waals surface area contributed by atoms with Crippen molar-refractivity contribution in [1.82, 2.24) is 0 Å². The SMILES string of the molecule is COC[C@@H](Cl)C#N. The largest absolute Gasteiger partial charge is 0.382 e. The Morgan fingerprint density at radius 2 is 2.57 bits per heavy atom. The molecule has 0 aliphatic heterocycles. The molecule has 0 aromatic heterocycles. The quantitative estimate of drug-likeness (QED) is 0.503. The van der Waals surface area contributed by atoms with Crippen molar-refractivity contribution in [2.24, 2.45) is 0 Å². The van der Waals surface area contributed by atoms with E-state index in [9.17, 15) is 0 Å². The minimum Gasteiger partial charge on any atom is -0.382 e. The van der Waals surface area contributed by atoms with Crippen LogP contribution in [0.4, 0.5) is 0 Å². The van der Waals surface area contributed by atoms with E-state index >= 15 is 0 Å². The van der Waals surface area contributed by atoms with Crippen molar-refractivity contribution in [2.75, 3.05) is 13.7 Å². The fraction of sp³-hybridized carbons (Fsp3) is 0.750. The Hall–Kier alpha value is -0.260.